The topological polar surface area (TPSA) is 64.6 Å². The van der Waals surface area contributed by atoms with Gasteiger partial charge in [0.1, 0.15) is 22.8 Å². The van der Waals surface area contributed by atoms with Gasteiger partial charge >= 0.3 is 5.97 Å². The zero-order valence-electron chi connectivity index (χ0n) is 12.3. The molecule has 0 aromatic carbocycles. The Kier molecular flexibility index (Phi) is 3.84. The molecule has 21 heavy (non-hydrogen) atoms. The van der Waals surface area contributed by atoms with Gasteiger partial charge < -0.3 is 18.9 Å². The van der Waals surface area contributed by atoms with E-state index in [0.717, 1.165) is 30.8 Å². The molecule has 1 aliphatic rings. The molecule has 1 atom stereocenters. The van der Waals surface area contributed by atoms with Crippen molar-refractivity contribution < 1.29 is 18.4 Å². The van der Waals surface area contributed by atoms with Gasteiger partial charge in [0.05, 0.1) is 19.9 Å². The van der Waals surface area contributed by atoms with Crippen LogP contribution in [0.4, 0.5) is 0 Å². The summed E-state index contributed by atoms with van der Waals surface area (Å²) in [7, 11) is 1.37. The Bertz CT molecular complexity index is 640. The van der Waals surface area contributed by atoms with Crippen LogP contribution in [0.25, 0.3) is 0 Å². The predicted octanol–water partition coefficient (Wildman–Crippen LogP) is 3.13. The van der Waals surface area contributed by atoms with Crippen LogP contribution in [0.1, 0.15) is 52.1 Å². The molecule has 1 unspecified atom stereocenters. The third-order valence-electron chi connectivity index (χ3n) is 3.95. The number of fused-ring (bicyclic) bond motifs is 1. The Labute approximate surface area is 123 Å². The SMILES string of the molecule is COC(=O)c1cc(CNC2CCCc3occc32)oc1C. The predicted molar refractivity (Wildman–Crippen MR) is 76.0 cm³/mol. The van der Waals surface area contributed by atoms with Gasteiger partial charge in [0.15, 0.2) is 0 Å². The van der Waals surface area contributed by atoms with Crippen LogP contribution in [0.2, 0.25) is 0 Å². The zero-order valence-corrected chi connectivity index (χ0v) is 12.3. The summed E-state index contributed by atoms with van der Waals surface area (Å²) in [4.78, 5) is 11.6. The summed E-state index contributed by atoms with van der Waals surface area (Å²) in [6.45, 7) is 2.34. The van der Waals surface area contributed by atoms with E-state index >= 15 is 0 Å². The van der Waals surface area contributed by atoms with E-state index in [2.05, 4.69) is 5.32 Å². The van der Waals surface area contributed by atoms with E-state index in [1.807, 2.05) is 6.07 Å². The molecule has 2 aromatic rings. The van der Waals surface area contributed by atoms with Crippen LogP contribution in [0.5, 0.6) is 0 Å². The molecule has 112 valence electrons. The van der Waals surface area contributed by atoms with Crippen LogP contribution in [-0.2, 0) is 17.7 Å². The minimum Gasteiger partial charge on any atom is -0.469 e. The van der Waals surface area contributed by atoms with E-state index in [4.69, 9.17) is 13.6 Å². The summed E-state index contributed by atoms with van der Waals surface area (Å²) in [5.74, 6) is 2.04. The summed E-state index contributed by atoms with van der Waals surface area (Å²) in [6, 6.07) is 4.05. The second-order valence-corrected chi connectivity index (χ2v) is 5.30. The molecule has 0 amide bonds. The number of carbonyl (C=O) groups is 1. The Morgan fingerprint density at radius 3 is 3.19 bits per heavy atom. The Morgan fingerprint density at radius 1 is 1.52 bits per heavy atom. The van der Waals surface area contributed by atoms with Gasteiger partial charge in [0.2, 0.25) is 0 Å². The van der Waals surface area contributed by atoms with Crippen LogP contribution < -0.4 is 5.32 Å². The molecule has 0 spiro atoms. The molecule has 0 aliphatic heterocycles. The van der Waals surface area contributed by atoms with Crippen LogP contribution in [0, 0.1) is 6.92 Å². The van der Waals surface area contributed by atoms with Crippen molar-refractivity contribution in [3.05, 3.63) is 46.8 Å². The molecule has 0 saturated heterocycles. The maximum Gasteiger partial charge on any atom is 0.341 e. The number of aryl methyl sites for hydroxylation is 2. The van der Waals surface area contributed by atoms with Gasteiger partial charge in [0.25, 0.3) is 0 Å². The number of methoxy groups -OCH3 is 1. The van der Waals surface area contributed by atoms with Crippen molar-refractivity contribution in [1.29, 1.82) is 0 Å². The van der Waals surface area contributed by atoms with Crippen molar-refractivity contribution in [2.75, 3.05) is 7.11 Å². The quantitative estimate of drug-likeness (QED) is 0.876. The number of hydrogen-bond donors (Lipinski definition) is 1. The lowest BCUT2D eigenvalue weighted by Crippen LogP contribution is -2.23. The van der Waals surface area contributed by atoms with E-state index in [1.165, 1.54) is 12.7 Å². The second kappa shape index (κ2) is 5.77. The molecule has 5 heteroatoms. The molecule has 1 N–H and O–H groups in total. The lowest BCUT2D eigenvalue weighted by molar-refractivity contribution is 0.0599. The van der Waals surface area contributed by atoms with E-state index in [9.17, 15) is 4.79 Å². The lowest BCUT2D eigenvalue weighted by Gasteiger charge is -2.22. The lowest BCUT2D eigenvalue weighted by atomic mass is 9.93. The molecule has 0 fully saturated rings. The summed E-state index contributed by atoms with van der Waals surface area (Å²) < 4.78 is 15.8. The normalized spacial score (nSPS) is 17.5. The maximum absolute atomic E-state index is 11.6. The number of furan rings is 2. The molecule has 5 nitrogen and oxygen atoms in total. The van der Waals surface area contributed by atoms with Crippen molar-refractivity contribution in [2.24, 2.45) is 0 Å². The van der Waals surface area contributed by atoms with Gasteiger partial charge in [-0.2, -0.15) is 0 Å². The molecule has 3 rings (SSSR count). The van der Waals surface area contributed by atoms with Gasteiger partial charge in [-0.05, 0) is 31.9 Å². The van der Waals surface area contributed by atoms with Gasteiger partial charge in [0, 0.05) is 18.0 Å². The van der Waals surface area contributed by atoms with Gasteiger partial charge in [-0.1, -0.05) is 0 Å². The fraction of sp³-hybridized carbons (Fsp3) is 0.438. The molecule has 2 heterocycles. The monoisotopic (exact) mass is 289 g/mol. The number of hydrogen-bond acceptors (Lipinski definition) is 5. The third kappa shape index (κ3) is 2.74. The Balaban J connectivity index is 1.68. The summed E-state index contributed by atoms with van der Waals surface area (Å²) in [5.41, 5.74) is 1.72. The molecular weight excluding hydrogens is 270 g/mol. The largest absolute Gasteiger partial charge is 0.469 e. The molecule has 2 aromatic heterocycles. The van der Waals surface area contributed by atoms with Gasteiger partial charge in [-0.25, -0.2) is 4.79 Å². The molecular formula is C16H19NO4. The number of rotatable bonds is 4. The third-order valence-corrected chi connectivity index (χ3v) is 3.95. The fourth-order valence-corrected chi connectivity index (χ4v) is 2.87. The number of ether oxygens (including phenoxy) is 1. The Hall–Kier alpha value is -2.01. The van der Waals surface area contributed by atoms with E-state index in [-0.39, 0.29) is 12.0 Å². The zero-order chi connectivity index (χ0) is 14.8. The Morgan fingerprint density at radius 2 is 2.38 bits per heavy atom. The average Bonchev–Trinajstić information content (AvgIpc) is 3.10. The van der Waals surface area contributed by atoms with Crippen molar-refractivity contribution in [3.63, 3.8) is 0 Å². The highest BCUT2D eigenvalue weighted by Gasteiger charge is 2.23. The van der Waals surface area contributed by atoms with Crippen molar-refractivity contribution >= 4 is 5.97 Å². The first-order valence-corrected chi connectivity index (χ1v) is 7.16. The first kappa shape index (κ1) is 13.9. The fourth-order valence-electron chi connectivity index (χ4n) is 2.87. The van der Waals surface area contributed by atoms with Crippen molar-refractivity contribution in [1.82, 2.24) is 5.32 Å². The average molecular weight is 289 g/mol. The standard InChI is InChI=1S/C16H19NO4/c1-10-13(16(18)19-2)8-11(21-10)9-17-14-4-3-5-15-12(14)6-7-20-15/h6-8,14,17H,3-5,9H2,1-2H3. The van der Waals surface area contributed by atoms with E-state index in [1.54, 1.807) is 19.3 Å². The number of esters is 1. The minimum absolute atomic E-state index is 0.277. The minimum atomic E-state index is -0.364. The highest BCUT2D eigenvalue weighted by atomic mass is 16.5. The van der Waals surface area contributed by atoms with Gasteiger partial charge in [-0.15, -0.1) is 0 Å². The van der Waals surface area contributed by atoms with Crippen molar-refractivity contribution in [2.45, 2.75) is 38.8 Å². The van der Waals surface area contributed by atoms with Crippen molar-refractivity contribution in [3.8, 4) is 0 Å². The first-order valence-electron chi connectivity index (χ1n) is 7.16. The summed E-state index contributed by atoms with van der Waals surface area (Å²) in [5, 5.41) is 3.47. The maximum atomic E-state index is 11.6. The summed E-state index contributed by atoms with van der Waals surface area (Å²) >= 11 is 0. The van der Waals surface area contributed by atoms with Crippen LogP contribution in [0.15, 0.2) is 27.2 Å². The smallest absolute Gasteiger partial charge is 0.341 e. The molecule has 1 aliphatic carbocycles. The first-order chi connectivity index (χ1) is 10.2. The highest BCUT2D eigenvalue weighted by Crippen LogP contribution is 2.30. The molecule has 0 bridgehead atoms. The highest BCUT2D eigenvalue weighted by molar-refractivity contribution is 5.90. The van der Waals surface area contributed by atoms with Crippen LogP contribution >= 0.6 is 0 Å². The number of carbonyl (C=O) groups excluding carboxylic acids is 1. The molecule has 0 radical (unpaired) electrons. The molecule has 0 saturated carbocycles. The van der Waals surface area contributed by atoms with Crippen LogP contribution in [-0.4, -0.2) is 13.1 Å². The second-order valence-electron chi connectivity index (χ2n) is 5.30. The van der Waals surface area contributed by atoms with E-state index < -0.39 is 0 Å². The van der Waals surface area contributed by atoms with Gasteiger partial charge in [-0.3, -0.25) is 0 Å². The number of nitrogens with one attached hydrogen (secondary N) is 1. The van der Waals surface area contributed by atoms with Crippen LogP contribution in [0.3, 0.4) is 0 Å². The summed E-state index contributed by atoms with van der Waals surface area (Å²) in [6.07, 6.45) is 4.95. The van der Waals surface area contributed by atoms with E-state index in [0.29, 0.717) is 17.9 Å².